The summed E-state index contributed by atoms with van der Waals surface area (Å²) in [7, 11) is 3.69. The molecule has 0 aliphatic rings. The van der Waals surface area contributed by atoms with E-state index in [1.165, 1.54) is 5.56 Å². The van der Waals surface area contributed by atoms with Crippen molar-refractivity contribution in [1.82, 2.24) is 4.57 Å². The number of aryl methyl sites for hydroxylation is 1. The first kappa shape index (κ1) is 10.6. The number of rotatable bonds is 3. The van der Waals surface area contributed by atoms with Gasteiger partial charge < -0.3 is 9.30 Å². The molecule has 0 radical (unpaired) electrons. The van der Waals surface area contributed by atoms with Gasteiger partial charge in [0.2, 0.25) is 0 Å². The Bertz CT molecular complexity index is 511. The molecule has 0 spiro atoms. The van der Waals surface area contributed by atoms with Crippen molar-refractivity contribution in [3.05, 3.63) is 48.8 Å². The molecule has 1 aromatic carbocycles. The van der Waals surface area contributed by atoms with Gasteiger partial charge in [-0.15, -0.1) is 0 Å². The molecule has 2 nitrogen and oxygen atoms in total. The SMILES string of the molecule is C=Cc1c(-c2cccc(OC)c2)ccn1C. The van der Waals surface area contributed by atoms with Crippen molar-refractivity contribution in [2.24, 2.45) is 7.05 Å². The first-order valence-electron chi connectivity index (χ1n) is 5.18. The zero-order chi connectivity index (χ0) is 11.5. The molecule has 0 aliphatic carbocycles. The summed E-state index contributed by atoms with van der Waals surface area (Å²) in [6.45, 7) is 3.84. The van der Waals surface area contributed by atoms with E-state index in [0.29, 0.717) is 0 Å². The first-order chi connectivity index (χ1) is 7.76. The number of methoxy groups -OCH3 is 1. The average Bonchev–Trinajstić information content (AvgIpc) is 2.70. The zero-order valence-corrected chi connectivity index (χ0v) is 9.60. The van der Waals surface area contributed by atoms with Gasteiger partial charge in [-0.05, 0) is 29.8 Å². The Morgan fingerprint density at radius 1 is 1.31 bits per heavy atom. The van der Waals surface area contributed by atoms with Crippen molar-refractivity contribution in [2.45, 2.75) is 0 Å². The fraction of sp³-hybridized carbons (Fsp3) is 0.143. The van der Waals surface area contributed by atoms with E-state index >= 15 is 0 Å². The third-order valence-corrected chi connectivity index (χ3v) is 2.69. The van der Waals surface area contributed by atoms with E-state index in [-0.39, 0.29) is 0 Å². The van der Waals surface area contributed by atoms with Crippen molar-refractivity contribution in [3.8, 4) is 16.9 Å². The van der Waals surface area contributed by atoms with Gasteiger partial charge in [0.25, 0.3) is 0 Å². The summed E-state index contributed by atoms with van der Waals surface area (Å²) in [6.07, 6.45) is 3.90. The maximum absolute atomic E-state index is 5.22. The van der Waals surface area contributed by atoms with Crippen LogP contribution in [0.4, 0.5) is 0 Å². The Morgan fingerprint density at radius 3 is 2.81 bits per heavy atom. The Morgan fingerprint density at radius 2 is 2.12 bits per heavy atom. The Hall–Kier alpha value is -1.96. The monoisotopic (exact) mass is 213 g/mol. The normalized spacial score (nSPS) is 10.1. The summed E-state index contributed by atoms with van der Waals surface area (Å²) >= 11 is 0. The summed E-state index contributed by atoms with van der Waals surface area (Å²) in [5.74, 6) is 0.872. The van der Waals surface area contributed by atoms with Gasteiger partial charge in [0.05, 0.1) is 7.11 Å². The molecular formula is C14H15NO. The van der Waals surface area contributed by atoms with Crippen molar-refractivity contribution in [1.29, 1.82) is 0 Å². The molecule has 16 heavy (non-hydrogen) atoms. The van der Waals surface area contributed by atoms with Crippen LogP contribution in [-0.4, -0.2) is 11.7 Å². The van der Waals surface area contributed by atoms with E-state index in [1.54, 1.807) is 7.11 Å². The third-order valence-electron chi connectivity index (χ3n) is 2.69. The van der Waals surface area contributed by atoms with Gasteiger partial charge >= 0.3 is 0 Å². The van der Waals surface area contributed by atoms with Crippen LogP contribution in [0.2, 0.25) is 0 Å². The van der Waals surface area contributed by atoms with Crippen LogP contribution in [0.1, 0.15) is 5.69 Å². The fourth-order valence-electron chi connectivity index (χ4n) is 1.83. The number of hydrogen-bond donors (Lipinski definition) is 0. The molecule has 0 unspecified atom stereocenters. The summed E-state index contributed by atoms with van der Waals surface area (Å²) in [4.78, 5) is 0. The van der Waals surface area contributed by atoms with Crippen LogP contribution < -0.4 is 4.74 Å². The third kappa shape index (κ3) is 1.74. The molecule has 0 saturated carbocycles. The van der Waals surface area contributed by atoms with E-state index in [1.807, 2.05) is 37.5 Å². The van der Waals surface area contributed by atoms with Crippen molar-refractivity contribution >= 4 is 6.08 Å². The quantitative estimate of drug-likeness (QED) is 0.762. The van der Waals surface area contributed by atoms with Crippen molar-refractivity contribution < 1.29 is 4.74 Å². The lowest BCUT2D eigenvalue weighted by atomic mass is 10.1. The van der Waals surface area contributed by atoms with Gasteiger partial charge in [-0.3, -0.25) is 0 Å². The predicted octanol–water partition coefficient (Wildman–Crippen LogP) is 3.34. The molecule has 0 N–H and O–H groups in total. The van der Waals surface area contributed by atoms with Gasteiger partial charge in [0, 0.05) is 24.5 Å². The van der Waals surface area contributed by atoms with Crippen molar-refractivity contribution in [2.75, 3.05) is 7.11 Å². The van der Waals surface area contributed by atoms with E-state index < -0.39 is 0 Å². The zero-order valence-electron chi connectivity index (χ0n) is 9.60. The molecule has 2 aromatic rings. The molecule has 0 amide bonds. The first-order valence-corrected chi connectivity index (χ1v) is 5.18. The predicted molar refractivity (Wildman–Crippen MR) is 67.5 cm³/mol. The van der Waals surface area contributed by atoms with Crippen LogP contribution in [0, 0.1) is 0 Å². The standard InChI is InChI=1S/C14H15NO/c1-4-14-13(8-9-15(14)2)11-6-5-7-12(10-11)16-3/h4-10H,1H2,2-3H3. The average molecular weight is 213 g/mol. The molecule has 0 saturated heterocycles. The second-order valence-corrected chi connectivity index (χ2v) is 3.66. The molecule has 2 heteroatoms. The number of benzene rings is 1. The van der Waals surface area contributed by atoms with E-state index in [9.17, 15) is 0 Å². The highest BCUT2D eigenvalue weighted by atomic mass is 16.5. The van der Waals surface area contributed by atoms with E-state index in [0.717, 1.165) is 17.0 Å². The topological polar surface area (TPSA) is 14.2 Å². The number of nitrogens with zero attached hydrogens (tertiary/aromatic N) is 1. The molecule has 2 rings (SSSR count). The summed E-state index contributed by atoms with van der Waals surface area (Å²) in [5.41, 5.74) is 3.44. The Kier molecular flexibility index (Phi) is 2.82. The largest absolute Gasteiger partial charge is 0.497 e. The van der Waals surface area contributed by atoms with Gasteiger partial charge in [0.1, 0.15) is 5.75 Å². The summed E-state index contributed by atoms with van der Waals surface area (Å²) in [6, 6.07) is 10.1. The highest BCUT2D eigenvalue weighted by Gasteiger charge is 2.06. The van der Waals surface area contributed by atoms with Crippen LogP contribution >= 0.6 is 0 Å². The lowest BCUT2D eigenvalue weighted by molar-refractivity contribution is 0.415. The summed E-state index contributed by atoms with van der Waals surface area (Å²) in [5, 5.41) is 0. The molecule has 0 bridgehead atoms. The van der Waals surface area contributed by atoms with Crippen LogP contribution in [0.5, 0.6) is 5.75 Å². The Balaban J connectivity index is 2.53. The minimum Gasteiger partial charge on any atom is -0.497 e. The lowest BCUT2D eigenvalue weighted by Gasteiger charge is -2.05. The van der Waals surface area contributed by atoms with Crippen LogP contribution in [0.3, 0.4) is 0 Å². The molecular weight excluding hydrogens is 198 g/mol. The number of hydrogen-bond acceptors (Lipinski definition) is 1. The van der Waals surface area contributed by atoms with Gasteiger partial charge in [-0.1, -0.05) is 18.7 Å². The minimum absolute atomic E-state index is 0.872. The lowest BCUT2D eigenvalue weighted by Crippen LogP contribution is -1.89. The second-order valence-electron chi connectivity index (χ2n) is 3.66. The van der Waals surface area contributed by atoms with E-state index in [4.69, 9.17) is 4.74 Å². The fourth-order valence-corrected chi connectivity index (χ4v) is 1.83. The van der Waals surface area contributed by atoms with Gasteiger partial charge in [0.15, 0.2) is 0 Å². The second kappa shape index (κ2) is 4.27. The van der Waals surface area contributed by atoms with Gasteiger partial charge in [-0.25, -0.2) is 0 Å². The van der Waals surface area contributed by atoms with Crippen LogP contribution in [0.25, 0.3) is 17.2 Å². The highest BCUT2D eigenvalue weighted by molar-refractivity contribution is 5.74. The van der Waals surface area contributed by atoms with Crippen molar-refractivity contribution in [3.63, 3.8) is 0 Å². The maximum atomic E-state index is 5.22. The minimum atomic E-state index is 0.872. The molecule has 1 aromatic heterocycles. The molecule has 0 fully saturated rings. The smallest absolute Gasteiger partial charge is 0.119 e. The molecule has 0 aliphatic heterocycles. The van der Waals surface area contributed by atoms with Crippen LogP contribution in [-0.2, 0) is 7.05 Å². The highest BCUT2D eigenvalue weighted by Crippen LogP contribution is 2.28. The van der Waals surface area contributed by atoms with Gasteiger partial charge in [-0.2, -0.15) is 0 Å². The number of aromatic nitrogens is 1. The summed E-state index contributed by atoms with van der Waals surface area (Å²) < 4.78 is 7.28. The Labute approximate surface area is 95.8 Å². The van der Waals surface area contributed by atoms with E-state index in [2.05, 4.69) is 23.3 Å². The molecule has 1 heterocycles. The number of ether oxygens (including phenoxy) is 1. The molecule has 82 valence electrons. The van der Waals surface area contributed by atoms with Crippen LogP contribution in [0.15, 0.2) is 43.1 Å². The maximum Gasteiger partial charge on any atom is 0.119 e. The molecule has 0 atom stereocenters.